The number of para-hydroxylation sites is 1. The molecule has 3 rings (SSSR count). The fraction of sp³-hybridized carbons (Fsp3) is 0.136. The highest BCUT2D eigenvalue weighted by Gasteiger charge is 2.25. The summed E-state index contributed by atoms with van der Waals surface area (Å²) < 4.78 is 37.6. The zero-order valence-electron chi connectivity index (χ0n) is 16.8. The van der Waals surface area contributed by atoms with Gasteiger partial charge in [0.2, 0.25) is 0 Å². The molecule has 0 fully saturated rings. The van der Waals surface area contributed by atoms with Gasteiger partial charge in [-0.3, -0.25) is 9.10 Å². The van der Waals surface area contributed by atoms with Crippen molar-refractivity contribution >= 4 is 27.3 Å². The number of anilines is 2. The number of hydrogen-bond acceptors (Lipinski definition) is 5. The van der Waals surface area contributed by atoms with Crippen LogP contribution in [0.15, 0.2) is 77.7 Å². The van der Waals surface area contributed by atoms with Crippen LogP contribution >= 0.6 is 0 Å². The molecule has 0 aliphatic heterocycles. The maximum Gasteiger partial charge on any atom is 0.264 e. The third kappa shape index (κ3) is 4.23. The summed E-state index contributed by atoms with van der Waals surface area (Å²) in [5, 5.41) is 2.77. The van der Waals surface area contributed by atoms with E-state index in [1.54, 1.807) is 60.7 Å². The van der Waals surface area contributed by atoms with Crippen LogP contribution in [0.25, 0.3) is 0 Å². The molecule has 0 saturated carbocycles. The first-order valence-electron chi connectivity index (χ1n) is 9.05. The molecule has 0 radical (unpaired) electrons. The molecule has 0 unspecified atom stereocenters. The number of nitrogens with zero attached hydrogens (tertiary/aromatic N) is 1. The van der Waals surface area contributed by atoms with E-state index in [1.165, 1.54) is 33.4 Å². The Morgan fingerprint density at radius 3 is 2.23 bits per heavy atom. The minimum Gasteiger partial charge on any atom is -0.497 e. The van der Waals surface area contributed by atoms with Gasteiger partial charge in [0.1, 0.15) is 11.5 Å². The number of carbonyl (C=O) groups excluding carboxylic acids is 1. The molecule has 0 aliphatic carbocycles. The van der Waals surface area contributed by atoms with Crippen LogP contribution in [0.3, 0.4) is 0 Å². The lowest BCUT2D eigenvalue weighted by Gasteiger charge is -2.22. The Morgan fingerprint density at radius 2 is 1.57 bits per heavy atom. The van der Waals surface area contributed by atoms with Crippen molar-refractivity contribution in [2.45, 2.75) is 4.90 Å². The predicted molar refractivity (Wildman–Crippen MR) is 116 cm³/mol. The number of carbonyl (C=O) groups is 1. The molecular weight excluding hydrogens is 404 g/mol. The molecule has 3 aromatic carbocycles. The van der Waals surface area contributed by atoms with Crippen molar-refractivity contribution < 1.29 is 22.7 Å². The number of hydrogen-bond donors (Lipinski definition) is 1. The van der Waals surface area contributed by atoms with Crippen LogP contribution in [0.2, 0.25) is 0 Å². The van der Waals surface area contributed by atoms with E-state index >= 15 is 0 Å². The first kappa shape index (κ1) is 21.2. The zero-order chi connectivity index (χ0) is 21.7. The topological polar surface area (TPSA) is 84.9 Å². The van der Waals surface area contributed by atoms with Crippen molar-refractivity contribution in [2.75, 3.05) is 30.9 Å². The van der Waals surface area contributed by atoms with Gasteiger partial charge in [0, 0.05) is 13.1 Å². The van der Waals surface area contributed by atoms with E-state index in [1.807, 2.05) is 0 Å². The zero-order valence-corrected chi connectivity index (χ0v) is 17.6. The van der Waals surface area contributed by atoms with Crippen molar-refractivity contribution in [3.63, 3.8) is 0 Å². The molecule has 1 N–H and O–H groups in total. The fourth-order valence-electron chi connectivity index (χ4n) is 2.92. The van der Waals surface area contributed by atoms with Crippen molar-refractivity contribution in [1.29, 1.82) is 0 Å². The summed E-state index contributed by atoms with van der Waals surface area (Å²) in [6.07, 6.45) is 0. The molecule has 3 aromatic rings. The molecule has 7 nitrogen and oxygen atoms in total. The van der Waals surface area contributed by atoms with Crippen LogP contribution in [-0.2, 0) is 10.0 Å². The number of benzene rings is 3. The van der Waals surface area contributed by atoms with Crippen LogP contribution < -0.4 is 19.1 Å². The molecule has 0 spiro atoms. The van der Waals surface area contributed by atoms with Gasteiger partial charge in [-0.1, -0.05) is 30.3 Å². The highest BCUT2D eigenvalue weighted by atomic mass is 32.2. The van der Waals surface area contributed by atoms with Gasteiger partial charge in [-0.25, -0.2) is 8.42 Å². The Morgan fingerprint density at radius 1 is 0.900 bits per heavy atom. The fourth-order valence-corrected chi connectivity index (χ4v) is 4.16. The lowest BCUT2D eigenvalue weighted by atomic mass is 10.1. The molecule has 0 saturated heterocycles. The monoisotopic (exact) mass is 426 g/mol. The molecule has 156 valence electrons. The SMILES string of the molecule is COc1ccc(OC)c(NC(=O)c2ccccc2N(C)S(=O)(=O)c2ccccc2)c1. The Hall–Kier alpha value is -3.52. The number of amides is 1. The number of ether oxygens (including phenoxy) is 2. The first-order valence-corrected chi connectivity index (χ1v) is 10.5. The maximum absolute atomic E-state index is 13.0. The highest BCUT2D eigenvalue weighted by Crippen LogP contribution is 2.31. The number of nitrogens with one attached hydrogen (secondary N) is 1. The first-order chi connectivity index (χ1) is 14.4. The average molecular weight is 426 g/mol. The Balaban J connectivity index is 1.97. The number of rotatable bonds is 7. The maximum atomic E-state index is 13.0. The molecule has 8 heteroatoms. The molecule has 1 amide bonds. The van der Waals surface area contributed by atoms with Gasteiger partial charge >= 0.3 is 0 Å². The smallest absolute Gasteiger partial charge is 0.264 e. The van der Waals surface area contributed by atoms with Crippen LogP contribution in [0.5, 0.6) is 11.5 Å². The lowest BCUT2D eigenvalue weighted by Crippen LogP contribution is -2.29. The normalized spacial score (nSPS) is 10.9. The average Bonchev–Trinajstić information content (AvgIpc) is 2.79. The summed E-state index contributed by atoms with van der Waals surface area (Å²) in [7, 11) is 0.593. The Kier molecular flexibility index (Phi) is 6.27. The summed E-state index contributed by atoms with van der Waals surface area (Å²) in [6.45, 7) is 0. The van der Waals surface area contributed by atoms with E-state index in [0.717, 1.165) is 4.31 Å². The van der Waals surface area contributed by atoms with Crippen LogP contribution in [0, 0.1) is 0 Å². The highest BCUT2D eigenvalue weighted by molar-refractivity contribution is 7.92. The van der Waals surface area contributed by atoms with Gasteiger partial charge in [0.15, 0.2) is 0 Å². The van der Waals surface area contributed by atoms with E-state index in [9.17, 15) is 13.2 Å². The van der Waals surface area contributed by atoms with Crippen LogP contribution in [-0.4, -0.2) is 35.6 Å². The van der Waals surface area contributed by atoms with Crippen molar-refractivity contribution in [1.82, 2.24) is 0 Å². The molecule has 30 heavy (non-hydrogen) atoms. The van der Waals surface area contributed by atoms with Crippen LogP contribution in [0.4, 0.5) is 11.4 Å². The summed E-state index contributed by atoms with van der Waals surface area (Å²) >= 11 is 0. The van der Waals surface area contributed by atoms with Crippen LogP contribution in [0.1, 0.15) is 10.4 Å². The van der Waals surface area contributed by atoms with Crippen molar-refractivity contribution in [2.24, 2.45) is 0 Å². The molecule has 0 atom stereocenters. The molecule has 0 heterocycles. The second-order valence-corrected chi connectivity index (χ2v) is 8.29. The van der Waals surface area contributed by atoms with E-state index in [2.05, 4.69) is 5.32 Å². The summed E-state index contributed by atoms with van der Waals surface area (Å²) in [5.41, 5.74) is 0.857. The lowest BCUT2D eigenvalue weighted by molar-refractivity contribution is 0.102. The van der Waals surface area contributed by atoms with Crippen molar-refractivity contribution in [3.05, 3.63) is 78.4 Å². The minimum absolute atomic E-state index is 0.136. The molecular formula is C22H22N2O5S. The largest absolute Gasteiger partial charge is 0.497 e. The van der Waals surface area contributed by atoms with Gasteiger partial charge in [-0.15, -0.1) is 0 Å². The van der Waals surface area contributed by atoms with Gasteiger partial charge < -0.3 is 14.8 Å². The summed E-state index contributed by atoms with van der Waals surface area (Å²) in [4.78, 5) is 13.2. The molecule has 0 bridgehead atoms. The second-order valence-electron chi connectivity index (χ2n) is 6.32. The Labute approximate surface area is 175 Å². The van der Waals surface area contributed by atoms with E-state index < -0.39 is 15.9 Å². The molecule has 0 aliphatic rings. The predicted octanol–water partition coefficient (Wildman–Crippen LogP) is 3.78. The van der Waals surface area contributed by atoms with Gasteiger partial charge in [-0.05, 0) is 36.4 Å². The number of methoxy groups -OCH3 is 2. The van der Waals surface area contributed by atoms with Gasteiger partial charge in [-0.2, -0.15) is 0 Å². The Bertz CT molecular complexity index is 1150. The van der Waals surface area contributed by atoms with Gasteiger partial charge in [0.05, 0.1) is 36.1 Å². The van der Waals surface area contributed by atoms with E-state index in [4.69, 9.17) is 9.47 Å². The quantitative estimate of drug-likeness (QED) is 0.621. The van der Waals surface area contributed by atoms with E-state index in [0.29, 0.717) is 17.2 Å². The summed E-state index contributed by atoms with van der Waals surface area (Å²) in [6, 6.07) is 19.6. The standard InChI is InChI=1S/C22H22N2O5S/c1-24(30(26,27)17-9-5-4-6-10-17)20-12-8-7-11-18(20)22(25)23-19-15-16(28-2)13-14-21(19)29-3/h4-15H,1-3H3,(H,23,25). The third-order valence-electron chi connectivity index (χ3n) is 4.54. The van der Waals surface area contributed by atoms with Gasteiger partial charge in [0.25, 0.3) is 15.9 Å². The second kappa shape index (κ2) is 8.87. The van der Waals surface area contributed by atoms with E-state index in [-0.39, 0.29) is 16.1 Å². The van der Waals surface area contributed by atoms with Crippen molar-refractivity contribution in [3.8, 4) is 11.5 Å². The summed E-state index contributed by atoms with van der Waals surface area (Å²) in [5.74, 6) is 0.516. The third-order valence-corrected chi connectivity index (χ3v) is 6.33. The number of sulfonamides is 1. The minimum atomic E-state index is -3.84. The molecule has 0 aromatic heterocycles.